The first kappa shape index (κ1) is 22.0. The lowest BCUT2D eigenvalue weighted by Crippen LogP contribution is -2.28. The summed E-state index contributed by atoms with van der Waals surface area (Å²) in [5.41, 5.74) is 0.751. The highest BCUT2D eigenvalue weighted by Crippen LogP contribution is 2.25. The summed E-state index contributed by atoms with van der Waals surface area (Å²) in [5.74, 6) is -1.29. The lowest BCUT2D eigenvalue weighted by molar-refractivity contribution is 0.0525. The van der Waals surface area contributed by atoms with E-state index in [0.717, 1.165) is 4.90 Å². The first-order chi connectivity index (χ1) is 13.2. The number of carbonyl (C=O) groups excluding carboxylic acids is 2. The number of nitrogens with zero attached hydrogens (tertiary/aromatic N) is 1. The Balaban J connectivity index is 2.49. The number of amides is 1. The zero-order valence-electron chi connectivity index (χ0n) is 16.3. The normalized spacial score (nSPS) is 11.1. The summed E-state index contributed by atoms with van der Waals surface area (Å²) < 4.78 is 30.1. The van der Waals surface area contributed by atoms with Gasteiger partial charge in [-0.3, -0.25) is 4.79 Å². The molecule has 0 aromatic heterocycles. The summed E-state index contributed by atoms with van der Waals surface area (Å²) in [7, 11) is -2.15. The van der Waals surface area contributed by atoms with Crippen LogP contribution in [-0.2, 0) is 14.6 Å². The number of rotatable bonds is 7. The average molecular weight is 422 g/mol. The molecule has 0 saturated heterocycles. The lowest BCUT2D eigenvalue weighted by Gasteiger charge is -2.20. The maximum Gasteiger partial charge on any atom is 0.338 e. The van der Waals surface area contributed by atoms with Crippen molar-refractivity contribution in [2.45, 2.75) is 23.6 Å². The Morgan fingerprint density at radius 2 is 1.71 bits per heavy atom. The zero-order chi connectivity index (χ0) is 20.9. The van der Waals surface area contributed by atoms with Crippen LogP contribution in [0.1, 0.15) is 34.6 Å². The van der Waals surface area contributed by atoms with Gasteiger partial charge in [-0.15, -0.1) is 11.8 Å². The zero-order valence-corrected chi connectivity index (χ0v) is 17.9. The molecule has 1 amide bonds. The standard InChI is InChI=1S/C20H23NO5S2/c1-5-26-20(23)14-7-12-17(18(13-14)28(24,25)6-2)19(22)21(3)15-8-10-16(27-4)11-9-15/h7-13H,5-6H2,1-4H3. The summed E-state index contributed by atoms with van der Waals surface area (Å²) in [6.45, 7) is 3.33. The number of benzene rings is 2. The van der Waals surface area contributed by atoms with E-state index in [2.05, 4.69) is 0 Å². The van der Waals surface area contributed by atoms with E-state index in [4.69, 9.17) is 4.74 Å². The molecule has 0 atom stereocenters. The summed E-state index contributed by atoms with van der Waals surface area (Å²) in [4.78, 5) is 27.3. The van der Waals surface area contributed by atoms with Gasteiger partial charge >= 0.3 is 5.97 Å². The molecular formula is C20H23NO5S2. The Hall–Kier alpha value is -2.32. The SMILES string of the molecule is CCOC(=O)c1ccc(C(=O)N(C)c2ccc(SC)cc2)c(S(=O)(=O)CC)c1. The largest absolute Gasteiger partial charge is 0.462 e. The number of carbonyl (C=O) groups is 2. The molecule has 0 heterocycles. The summed E-state index contributed by atoms with van der Waals surface area (Å²) >= 11 is 1.58. The second-order valence-corrected chi connectivity index (χ2v) is 9.02. The van der Waals surface area contributed by atoms with Crippen molar-refractivity contribution in [2.75, 3.05) is 30.6 Å². The highest BCUT2D eigenvalue weighted by atomic mass is 32.2. The second kappa shape index (κ2) is 9.25. The predicted octanol–water partition coefficient (Wildman–Crippen LogP) is 3.66. The van der Waals surface area contributed by atoms with Crippen LogP contribution in [0.25, 0.3) is 0 Å². The minimum absolute atomic E-state index is 0.0198. The highest BCUT2D eigenvalue weighted by molar-refractivity contribution is 7.98. The van der Waals surface area contributed by atoms with E-state index in [1.54, 1.807) is 37.9 Å². The molecule has 0 aliphatic rings. The van der Waals surface area contributed by atoms with Gasteiger partial charge in [0.15, 0.2) is 9.84 Å². The molecule has 150 valence electrons. The van der Waals surface area contributed by atoms with E-state index < -0.39 is 21.7 Å². The molecule has 0 N–H and O–H groups in total. The minimum atomic E-state index is -3.73. The van der Waals surface area contributed by atoms with Crippen LogP contribution in [0.2, 0.25) is 0 Å². The molecule has 2 aromatic carbocycles. The summed E-state index contributed by atoms with van der Waals surface area (Å²) in [5, 5.41) is 0. The molecule has 0 aliphatic heterocycles. The first-order valence-corrected chi connectivity index (χ1v) is 11.6. The van der Waals surface area contributed by atoms with Crippen LogP contribution in [0, 0.1) is 0 Å². The van der Waals surface area contributed by atoms with Crippen molar-refractivity contribution in [2.24, 2.45) is 0 Å². The van der Waals surface area contributed by atoms with Gasteiger partial charge in [-0.1, -0.05) is 6.92 Å². The molecule has 2 rings (SSSR count). The van der Waals surface area contributed by atoms with Gasteiger partial charge in [0, 0.05) is 17.6 Å². The van der Waals surface area contributed by atoms with Crippen LogP contribution in [0.5, 0.6) is 0 Å². The van der Waals surface area contributed by atoms with Gasteiger partial charge in [-0.05, 0) is 55.6 Å². The van der Waals surface area contributed by atoms with E-state index in [-0.39, 0.29) is 28.4 Å². The second-order valence-electron chi connectivity index (χ2n) is 5.90. The van der Waals surface area contributed by atoms with Gasteiger partial charge in [0.1, 0.15) is 0 Å². The highest BCUT2D eigenvalue weighted by Gasteiger charge is 2.25. The van der Waals surface area contributed by atoms with Gasteiger partial charge in [-0.25, -0.2) is 13.2 Å². The molecule has 0 bridgehead atoms. The maximum atomic E-state index is 13.0. The average Bonchev–Trinajstić information content (AvgIpc) is 2.72. The Morgan fingerprint density at radius 1 is 1.07 bits per heavy atom. The number of thioether (sulfide) groups is 1. The van der Waals surface area contributed by atoms with Crippen LogP contribution in [0.4, 0.5) is 5.69 Å². The van der Waals surface area contributed by atoms with Crippen LogP contribution in [0.15, 0.2) is 52.3 Å². The molecule has 0 unspecified atom stereocenters. The maximum absolute atomic E-state index is 13.0. The van der Waals surface area contributed by atoms with Crippen LogP contribution < -0.4 is 4.90 Å². The number of ether oxygens (including phenoxy) is 1. The lowest BCUT2D eigenvalue weighted by atomic mass is 10.1. The third kappa shape index (κ3) is 4.74. The van der Waals surface area contributed by atoms with E-state index in [9.17, 15) is 18.0 Å². The van der Waals surface area contributed by atoms with Gasteiger partial charge in [0.05, 0.1) is 28.4 Å². The summed E-state index contributed by atoms with van der Waals surface area (Å²) in [6.07, 6.45) is 1.96. The predicted molar refractivity (Wildman–Crippen MR) is 111 cm³/mol. The molecule has 0 aliphatic carbocycles. The molecule has 0 saturated carbocycles. The monoisotopic (exact) mass is 421 g/mol. The summed E-state index contributed by atoms with van der Waals surface area (Å²) in [6, 6.07) is 11.4. The van der Waals surface area contributed by atoms with Crippen molar-refractivity contribution >= 4 is 39.2 Å². The molecule has 0 radical (unpaired) electrons. The van der Waals surface area contributed by atoms with E-state index in [0.29, 0.717) is 5.69 Å². The van der Waals surface area contributed by atoms with Crippen molar-refractivity contribution in [3.8, 4) is 0 Å². The van der Waals surface area contributed by atoms with Crippen molar-refractivity contribution in [3.63, 3.8) is 0 Å². The fourth-order valence-electron chi connectivity index (χ4n) is 2.56. The Kier molecular flexibility index (Phi) is 7.26. The fourth-order valence-corrected chi connectivity index (χ4v) is 4.07. The number of anilines is 1. The van der Waals surface area contributed by atoms with Gasteiger partial charge in [-0.2, -0.15) is 0 Å². The number of hydrogen-bond acceptors (Lipinski definition) is 6. The molecular weight excluding hydrogens is 398 g/mol. The van der Waals surface area contributed by atoms with Crippen LogP contribution >= 0.6 is 11.8 Å². The van der Waals surface area contributed by atoms with Crippen molar-refractivity contribution in [3.05, 3.63) is 53.6 Å². The molecule has 28 heavy (non-hydrogen) atoms. The van der Waals surface area contributed by atoms with E-state index in [1.807, 2.05) is 18.4 Å². The first-order valence-electron chi connectivity index (χ1n) is 8.71. The number of hydrogen-bond donors (Lipinski definition) is 0. The van der Waals surface area contributed by atoms with Gasteiger partial charge < -0.3 is 9.64 Å². The molecule has 6 nitrogen and oxygen atoms in total. The van der Waals surface area contributed by atoms with Crippen molar-refractivity contribution < 1.29 is 22.7 Å². The Bertz CT molecular complexity index is 969. The van der Waals surface area contributed by atoms with Crippen molar-refractivity contribution in [1.82, 2.24) is 0 Å². The molecule has 8 heteroatoms. The molecule has 0 fully saturated rings. The topological polar surface area (TPSA) is 80.8 Å². The Morgan fingerprint density at radius 3 is 2.25 bits per heavy atom. The minimum Gasteiger partial charge on any atom is -0.462 e. The van der Waals surface area contributed by atoms with E-state index >= 15 is 0 Å². The van der Waals surface area contributed by atoms with Crippen LogP contribution in [0.3, 0.4) is 0 Å². The van der Waals surface area contributed by atoms with Gasteiger partial charge in [0.2, 0.25) is 0 Å². The van der Waals surface area contributed by atoms with Crippen LogP contribution in [-0.4, -0.2) is 46.0 Å². The smallest absolute Gasteiger partial charge is 0.338 e. The molecule has 2 aromatic rings. The quantitative estimate of drug-likeness (QED) is 0.501. The van der Waals surface area contributed by atoms with Gasteiger partial charge in [0.25, 0.3) is 5.91 Å². The van der Waals surface area contributed by atoms with E-state index in [1.165, 1.54) is 30.0 Å². The third-order valence-electron chi connectivity index (χ3n) is 4.20. The Labute approximate surface area is 169 Å². The number of esters is 1. The fraction of sp³-hybridized carbons (Fsp3) is 0.300. The third-order valence-corrected chi connectivity index (χ3v) is 6.71. The van der Waals surface area contributed by atoms with Crippen molar-refractivity contribution in [1.29, 1.82) is 0 Å². The molecule has 0 spiro atoms. The number of sulfone groups is 1.